The SMILES string of the molecule is C=CCNC(=O)CN(c1ccccc1C(F)(F)F)S(C)(=O)=O. The Kier molecular flexibility index (Phi) is 5.59. The summed E-state index contributed by atoms with van der Waals surface area (Å²) in [5.74, 6) is -0.734. The molecule has 0 aromatic heterocycles. The van der Waals surface area contributed by atoms with Crippen molar-refractivity contribution >= 4 is 21.6 Å². The summed E-state index contributed by atoms with van der Waals surface area (Å²) < 4.78 is 63.0. The average Bonchev–Trinajstić information content (AvgIpc) is 2.40. The Hall–Kier alpha value is -2.03. The Labute approximate surface area is 126 Å². The molecule has 0 radical (unpaired) electrons. The molecule has 1 N–H and O–H groups in total. The maximum Gasteiger partial charge on any atom is 0.418 e. The predicted octanol–water partition coefficient (Wildman–Crippen LogP) is 1.77. The molecule has 0 aliphatic carbocycles. The highest BCUT2D eigenvalue weighted by Crippen LogP contribution is 2.37. The number of hydrogen-bond acceptors (Lipinski definition) is 3. The second-order valence-electron chi connectivity index (χ2n) is 4.38. The summed E-state index contributed by atoms with van der Waals surface area (Å²) in [7, 11) is -4.07. The van der Waals surface area contributed by atoms with Gasteiger partial charge in [-0.05, 0) is 12.1 Å². The van der Waals surface area contributed by atoms with Crippen LogP contribution >= 0.6 is 0 Å². The largest absolute Gasteiger partial charge is 0.418 e. The number of carbonyl (C=O) groups is 1. The lowest BCUT2D eigenvalue weighted by Crippen LogP contribution is -2.41. The van der Waals surface area contributed by atoms with Crippen molar-refractivity contribution in [2.45, 2.75) is 6.18 Å². The lowest BCUT2D eigenvalue weighted by Gasteiger charge is -2.25. The van der Waals surface area contributed by atoms with E-state index in [1.165, 1.54) is 12.1 Å². The number of nitrogens with one attached hydrogen (secondary N) is 1. The van der Waals surface area contributed by atoms with Gasteiger partial charge in [0.1, 0.15) is 6.54 Å². The van der Waals surface area contributed by atoms with Gasteiger partial charge in [-0.3, -0.25) is 9.10 Å². The number of alkyl halides is 3. The maximum atomic E-state index is 13.0. The van der Waals surface area contributed by atoms with Crippen LogP contribution in [0.4, 0.5) is 18.9 Å². The Morgan fingerprint density at radius 2 is 1.95 bits per heavy atom. The van der Waals surface area contributed by atoms with Crippen molar-refractivity contribution in [3.05, 3.63) is 42.5 Å². The van der Waals surface area contributed by atoms with Crippen LogP contribution in [0.1, 0.15) is 5.56 Å². The smallest absolute Gasteiger partial charge is 0.351 e. The van der Waals surface area contributed by atoms with Gasteiger partial charge in [-0.1, -0.05) is 18.2 Å². The summed E-state index contributed by atoms with van der Waals surface area (Å²) in [5, 5.41) is 2.32. The fourth-order valence-electron chi connectivity index (χ4n) is 1.68. The first-order chi connectivity index (χ1) is 10.1. The van der Waals surface area contributed by atoms with E-state index in [0.29, 0.717) is 4.31 Å². The number of hydrogen-bond donors (Lipinski definition) is 1. The summed E-state index contributed by atoms with van der Waals surface area (Å²) in [5.41, 5.74) is -1.72. The van der Waals surface area contributed by atoms with Gasteiger partial charge in [0.2, 0.25) is 15.9 Å². The lowest BCUT2D eigenvalue weighted by molar-refractivity contribution is -0.137. The molecule has 0 bridgehead atoms. The first-order valence-electron chi connectivity index (χ1n) is 6.09. The van der Waals surface area contributed by atoms with Gasteiger partial charge in [-0.15, -0.1) is 6.58 Å². The van der Waals surface area contributed by atoms with Crippen molar-refractivity contribution in [3.8, 4) is 0 Å². The molecule has 0 heterocycles. The summed E-state index contributed by atoms with van der Waals surface area (Å²) >= 11 is 0. The van der Waals surface area contributed by atoms with E-state index in [1.807, 2.05) is 0 Å². The van der Waals surface area contributed by atoms with E-state index >= 15 is 0 Å². The van der Waals surface area contributed by atoms with E-state index in [1.54, 1.807) is 0 Å². The summed E-state index contributed by atoms with van der Waals surface area (Å²) in [4.78, 5) is 11.6. The summed E-state index contributed by atoms with van der Waals surface area (Å²) in [6, 6.07) is 4.18. The van der Waals surface area contributed by atoms with Crippen LogP contribution in [0, 0.1) is 0 Å². The molecule has 1 amide bonds. The fraction of sp³-hybridized carbons (Fsp3) is 0.308. The zero-order chi connectivity index (χ0) is 17.0. The number of nitrogens with zero attached hydrogens (tertiary/aromatic N) is 1. The van der Waals surface area contributed by atoms with Crippen LogP contribution in [0.5, 0.6) is 0 Å². The topological polar surface area (TPSA) is 66.5 Å². The zero-order valence-electron chi connectivity index (χ0n) is 11.7. The quantitative estimate of drug-likeness (QED) is 0.805. The van der Waals surface area contributed by atoms with E-state index in [2.05, 4.69) is 11.9 Å². The van der Waals surface area contributed by atoms with Gasteiger partial charge in [0.25, 0.3) is 0 Å². The summed E-state index contributed by atoms with van der Waals surface area (Å²) in [6.07, 6.45) is -2.63. The summed E-state index contributed by atoms with van der Waals surface area (Å²) in [6.45, 7) is 2.70. The van der Waals surface area contributed by atoms with Crippen LogP contribution in [-0.4, -0.2) is 33.7 Å². The van der Waals surface area contributed by atoms with Crippen LogP contribution < -0.4 is 9.62 Å². The molecule has 1 aromatic rings. The minimum absolute atomic E-state index is 0.0807. The fourth-order valence-corrected chi connectivity index (χ4v) is 2.55. The average molecular weight is 336 g/mol. The second-order valence-corrected chi connectivity index (χ2v) is 6.28. The molecule has 5 nitrogen and oxygen atoms in total. The molecule has 122 valence electrons. The Bertz CT molecular complexity index is 657. The van der Waals surface area contributed by atoms with Crippen molar-refractivity contribution in [1.82, 2.24) is 5.32 Å². The third-order valence-electron chi connectivity index (χ3n) is 2.61. The number of amides is 1. The maximum absolute atomic E-state index is 13.0. The third kappa shape index (κ3) is 4.76. The van der Waals surface area contributed by atoms with Crippen LogP contribution in [0.2, 0.25) is 0 Å². The first-order valence-corrected chi connectivity index (χ1v) is 7.93. The molecule has 1 aromatic carbocycles. The van der Waals surface area contributed by atoms with Gasteiger partial charge >= 0.3 is 6.18 Å². The molecule has 0 saturated carbocycles. The number of halogens is 3. The van der Waals surface area contributed by atoms with Crippen LogP contribution in [-0.2, 0) is 21.0 Å². The molecule has 0 aliphatic rings. The molecule has 0 spiro atoms. The van der Waals surface area contributed by atoms with E-state index in [-0.39, 0.29) is 6.54 Å². The monoisotopic (exact) mass is 336 g/mol. The third-order valence-corrected chi connectivity index (χ3v) is 3.74. The Morgan fingerprint density at radius 3 is 2.45 bits per heavy atom. The molecule has 0 atom stereocenters. The van der Waals surface area contributed by atoms with Crippen molar-refractivity contribution in [2.75, 3.05) is 23.7 Å². The highest BCUT2D eigenvalue weighted by Gasteiger charge is 2.36. The van der Waals surface area contributed by atoms with Crippen LogP contribution in [0.25, 0.3) is 0 Å². The van der Waals surface area contributed by atoms with Gasteiger partial charge in [-0.25, -0.2) is 8.42 Å². The number of para-hydroxylation sites is 1. The number of rotatable bonds is 6. The molecule has 0 fully saturated rings. The van der Waals surface area contributed by atoms with Crippen molar-refractivity contribution in [2.24, 2.45) is 0 Å². The van der Waals surface area contributed by atoms with E-state index < -0.39 is 39.9 Å². The Morgan fingerprint density at radius 1 is 1.36 bits per heavy atom. The van der Waals surface area contributed by atoms with Gasteiger partial charge < -0.3 is 5.32 Å². The number of sulfonamides is 1. The molecule has 0 aliphatic heterocycles. The lowest BCUT2D eigenvalue weighted by atomic mass is 10.1. The number of carbonyl (C=O) groups excluding carboxylic acids is 1. The van der Waals surface area contributed by atoms with Crippen molar-refractivity contribution in [1.29, 1.82) is 0 Å². The highest BCUT2D eigenvalue weighted by molar-refractivity contribution is 7.92. The highest BCUT2D eigenvalue weighted by atomic mass is 32.2. The first kappa shape index (κ1) is 18.0. The second kappa shape index (κ2) is 6.82. The van der Waals surface area contributed by atoms with Crippen molar-refractivity contribution in [3.63, 3.8) is 0 Å². The molecular formula is C13H15F3N2O3S. The normalized spacial score (nSPS) is 11.8. The van der Waals surface area contributed by atoms with E-state index in [4.69, 9.17) is 0 Å². The molecule has 0 saturated heterocycles. The van der Waals surface area contributed by atoms with E-state index in [9.17, 15) is 26.4 Å². The van der Waals surface area contributed by atoms with Gasteiger partial charge in [-0.2, -0.15) is 13.2 Å². The van der Waals surface area contributed by atoms with Crippen LogP contribution in [0.15, 0.2) is 36.9 Å². The molecular weight excluding hydrogens is 321 g/mol. The van der Waals surface area contributed by atoms with Gasteiger partial charge in [0.05, 0.1) is 17.5 Å². The van der Waals surface area contributed by atoms with Gasteiger partial charge in [0.15, 0.2) is 0 Å². The Balaban J connectivity index is 3.26. The molecule has 22 heavy (non-hydrogen) atoms. The van der Waals surface area contributed by atoms with Gasteiger partial charge in [0, 0.05) is 6.54 Å². The van der Waals surface area contributed by atoms with Crippen LogP contribution in [0.3, 0.4) is 0 Å². The minimum atomic E-state index is -4.74. The zero-order valence-corrected chi connectivity index (χ0v) is 12.5. The van der Waals surface area contributed by atoms with E-state index in [0.717, 1.165) is 24.5 Å². The number of benzene rings is 1. The predicted molar refractivity (Wildman–Crippen MR) is 76.8 cm³/mol. The molecule has 9 heteroatoms. The standard InChI is InChI=1S/C13H15F3N2O3S/c1-3-8-17-12(19)9-18(22(2,20)21)11-7-5-4-6-10(11)13(14,15)16/h3-7H,1,8-9H2,2H3,(H,17,19). The minimum Gasteiger partial charge on any atom is -0.351 e. The molecule has 0 unspecified atom stereocenters. The number of anilines is 1. The van der Waals surface area contributed by atoms with Crippen molar-refractivity contribution < 1.29 is 26.4 Å². The molecule has 1 rings (SSSR count).